The van der Waals surface area contributed by atoms with Crippen molar-refractivity contribution in [2.45, 2.75) is 13.8 Å². The second kappa shape index (κ2) is 9.55. The number of methoxy groups -OCH3 is 2. The highest BCUT2D eigenvalue weighted by molar-refractivity contribution is 5.95. The van der Waals surface area contributed by atoms with Crippen molar-refractivity contribution in [3.63, 3.8) is 0 Å². The van der Waals surface area contributed by atoms with E-state index in [1.165, 1.54) is 14.2 Å². The molecule has 1 rings (SSSR count). The van der Waals surface area contributed by atoms with E-state index in [1.54, 1.807) is 18.2 Å². The number of hydrogen-bond donors (Lipinski definition) is 2. The summed E-state index contributed by atoms with van der Waals surface area (Å²) in [7, 11) is 3.03. The van der Waals surface area contributed by atoms with Gasteiger partial charge in [0.15, 0.2) is 0 Å². The first-order chi connectivity index (χ1) is 11.0. The zero-order valence-electron chi connectivity index (χ0n) is 14.0. The molecule has 0 bridgehead atoms. The maximum absolute atomic E-state index is 12.1. The summed E-state index contributed by atoms with van der Waals surface area (Å²) in [5, 5.41) is 5.27. The summed E-state index contributed by atoms with van der Waals surface area (Å²) in [4.78, 5) is 23.4. The van der Waals surface area contributed by atoms with Gasteiger partial charge in [-0.05, 0) is 18.1 Å². The minimum atomic E-state index is -0.490. The summed E-state index contributed by atoms with van der Waals surface area (Å²) in [5.41, 5.74) is 0.420. The molecule has 0 saturated heterocycles. The minimum absolute atomic E-state index is 0.278. The fourth-order valence-corrected chi connectivity index (χ4v) is 1.67. The number of carbonyl (C=O) groups is 2. The van der Waals surface area contributed by atoms with Crippen LogP contribution >= 0.6 is 0 Å². The molecule has 1 aromatic rings. The quantitative estimate of drug-likeness (QED) is 0.712. The number of alkyl carbamates (subject to hydrolysis) is 1. The fourth-order valence-electron chi connectivity index (χ4n) is 1.67. The van der Waals surface area contributed by atoms with Crippen molar-refractivity contribution in [3.8, 4) is 11.5 Å². The number of benzene rings is 1. The predicted molar refractivity (Wildman–Crippen MR) is 86.1 cm³/mol. The van der Waals surface area contributed by atoms with E-state index >= 15 is 0 Å². The van der Waals surface area contributed by atoms with Crippen LogP contribution in [0.5, 0.6) is 11.5 Å². The lowest BCUT2D eigenvalue weighted by Gasteiger charge is -2.10. The second-order valence-electron chi connectivity index (χ2n) is 5.28. The average molecular weight is 324 g/mol. The van der Waals surface area contributed by atoms with Gasteiger partial charge in [0.2, 0.25) is 0 Å². The molecule has 0 spiro atoms. The highest BCUT2D eigenvalue weighted by atomic mass is 16.5. The van der Waals surface area contributed by atoms with Crippen molar-refractivity contribution < 1.29 is 23.8 Å². The van der Waals surface area contributed by atoms with Gasteiger partial charge in [0.1, 0.15) is 11.5 Å². The van der Waals surface area contributed by atoms with Crippen LogP contribution < -0.4 is 20.1 Å². The molecule has 0 atom stereocenters. The van der Waals surface area contributed by atoms with Crippen molar-refractivity contribution in [2.75, 3.05) is 33.9 Å². The molecule has 0 radical (unpaired) electrons. The third-order valence-electron chi connectivity index (χ3n) is 2.84. The van der Waals surface area contributed by atoms with E-state index in [0.29, 0.717) is 23.7 Å². The van der Waals surface area contributed by atoms with Crippen molar-refractivity contribution in [3.05, 3.63) is 23.8 Å². The molecule has 23 heavy (non-hydrogen) atoms. The number of carbonyl (C=O) groups excluding carboxylic acids is 2. The Balaban J connectivity index is 2.41. The van der Waals surface area contributed by atoms with Crippen LogP contribution in [0.25, 0.3) is 0 Å². The van der Waals surface area contributed by atoms with Gasteiger partial charge in [-0.1, -0.05) is 13.8 Å². The van der Waals surface area contributed by atoms with Crippen molar-refractivity contribution in [2.24, 2.45) is 5.92 Å². The molecule has 0 aromatic heterocycles. The molecule has 128 valence electrons. The predicted octanol–water partition coefficient (Wildman–Crippen LogP) is 1.82. The zero-order chi connectivity index (χ0) is 17.2. The third-order valence-corrected chi connectivity index (χ3v) is 2.84. The van der Waals surface area contributed by atoms with E-state index in [9.17, 15) is 9.59 Å². The number of hydrogen-bond acceptors (Lipinski definition) is 5. The molecule has 2 N–H and O–H groups in total. The lowest BCUT2D eigenvalue weighted by Crippen LogP contribution is -2.35. The Morgan fingerprint density at radius 1 is 1.00 bits per heavy atom. The Hall–Kier alpha value is -2.44. The first-order valence-corrected chi connectivity index (χ1v) is 7.38. The van der Waals surface area contributed by atoms with Gasteiger partial charge >= 0.3 is 6.09 Å². The third kappa shape index (κ3) is 6.90. The zero-order valence-corrected chi connectivity index (χ0v) is 14.0. The maximum atomic E-state index is 12.1. The van der Waals surface area contributed by atoms with Crippen LogP contribution in [0.3, 0.4) is 0 Å². The topological polar surface area (TPSA) is 85.9 Å². The Labute approximate surface area is 136 Å². The van der Waals surface area contributed by atoms with E-state index in [4.69, 9.17) is 14.2 Å². The van der Waals surface area contributed by atoms with Crippen LogP contribution in [0.2, 0.25) is 0 Å². The Morgan fingerprint density at radius 2 is 1.57 bits per heavy atom. The molecule has 0 aliphatic carbocycles. The molecule has 0 fully saturated rings. The normalized spacial score (nSPS) is 10.1. The van der Waals surface area contributed by atoms with E-state index in [-0.39, 0.29) is 24.9 Å². The summed E-state index contributed by atoms with van der Waals surface area (Å²) >= 11 is 0. The number of rotatable bonds is 8. The number of nitrogens with one attached hydrogen (secondary N) is 2. The van der Waals surface area contributed by atoms with Gasteiger partial charge < -0.3 is 24.8 Å². The molecular weight excluding hydrogens is 300 g/mol. The number of amides is 2. The SMILES string of the molecule is COc1cc(OC)cc(C(=O)NCCNC(=O)OCC(C)C)c1. The molecule has 0 heterocycles. The van der Waals surface area contributed by atoms with Crippen LogP contribution in [0, 0.1) is 5.92 Å². The van der Waals surface area contributed by atoms with E-state index in [0.717, 1.165) is 0 Å². The number of ether oxygens (including phenoxy) is 3. The van der Waals surface area contributed by atoms with Gasteiger partial charge in [0.25, 0.3) is 5.91 Å². The summed E-state index contributed by atoms with van der Waals surface area (Å²) in [5.74, 6) is 1.07. The Morgan fingerprint density at radius 3 is 2.09 bits per heavy atom. The summed E-state index contributed by atoms with van der Waals surface area (Å²) in [6.45, 7) is 4.84. The van der Waals surface area contributed by atoms with Gasteiger partial charge in [-0.25, -0.2) is 4.79 Å². The second-order valence-corrected chi connectivity index (χ2v) is 5.28. The van der Waals surface area contributed by atoms with Gasteiger partial charge in [0, 0.05) is 24.7 Å². The van der Waals surface area contributed by atoms with Gasteiger partial charge in [-0.2, -0.15) is 0 Å². The van der Waals surface area contributed by atoms with Crippen LogP contribution in [-0.4, -0.2) is 45.9 Å². The smallest absolute Gasteiger partial charge is 0.407 e. The first-order valence-electron chi connectivity index (χ1n) is 7.38. The molecule has 0 saturated carbocycles. The Kier molecular flexibility index (Phi) is 7.73. The molecule has 7 nitrogen and oxygen atoms in total. The Bertz CT molecular complexity index is 509. The van der Waals surface area contributed by atoms with Crippen LogP contribution in [0.1, 0.15) is 24.2 Å². The molecule has 7 heteroatoms. The fraction of sp³-hybridized carbons (Fsp3) is 0.500. The average Bonchev–Trinajstić information content (AvgIpc) is 2.55. The monoisotopic (exact) mass is 324 g/mol. The van der Waals surface area contributed by atoms with E-state index in [1.807, 2.05) is 13.8 Å². The van der Waals surface area contributed by atoms with Crippen LogP contribution in [-0.2, 0) is 4.74 Å². The molecule has 2 amide bonds. The van der Waals surface area contributed by atoms with Crippen molar-refractivity contribution in [1.82, 2.24) is 10.6 Å². The summed E-state index contributed by atoms with van der Waals surface area (Å²) in [6, 6.07) is 4.91. The highest BCUT2D eigenvalue weighted by Crippen LogP contribution is 2.22. The lowest BCUT2D eigenvalue weighted by molar-refractivity contribution is 0.0950. The summed E-state index contributed by atoms with van der Waals surface area (Å²) < 4.78 is 15.2. The molecule has 1 aromatic carbocycles. The molecular formula is C16H24N2O5. The lowest BCUT2D eigenvalue weighted by atomic mass is 10.2. The standard InChI is InChI=1S/C16H24N2O5/c1-11(2)10-23-16(20)18-6-5-17-15(19)12-7-13(21-3)9-14(8-12)22-4/h7-9,11H,5-6,10H2,1-4H3,(H,17,19)(H,18,20). The molecule has 0 unspecified atom stereocenters. The van der Waals surface area contributed by atoms with Gasteiger partial charge in [-0.15, -0.1) is 0 Å². The minimum Gasteiger partial charge on any atom is -0.497 e. The maximum Gasteiger partial charge on any atom is 0.407 e. The summed E-state index contributed by atoms with van der Waals surface area (Å²) in [6.07, 6.45) is -0.490. The van der Waals surface area contributed by atoms with Crippen LogP contribution in [0.15, 0.2) is 18.2 Å². The van der Waals surface area contributed by atoms with Gasteiger partial charge in [0.05, 0.1) is 20.8 Å². The van der Waals surface area contributed by atoms with Gasteiger partial charge in [-0.3, -0.25) is 4.79 Å². The molecule has 0 aliphatic rings. The van der Waals surface area contributed by atoms with E-state index < -0.39 is 6.09 Å². The first kappa shape index (κ1) is 18.6. The van der Waals surface area contributed by atoms with Crippen LogP contribution in [0.4, 0.5) is 4.79 Å². The largest absolute Gasteiger partial charge is 0.497 e. The molecule has 0 aliphatic heterocycles. The highest BCUT2D eigenvalue weighted by Gasteiger charge is 2.10. The van der Waals surface area contributed by atoms with Crippen molar-refractivity contribution >= 4 is 12.0 Å². The van der Waals surface area contributed by atoms with E-state index in [2.05, 4.69) is 10.6 Å². The van der Waals surface area contributed by atoms with Crippen molar-refractivity contribution in [1.29, 1.82) is 0 Å².